The maximum absolute atomic E-state index is 10.2. The van der Waals surface area contributed by atoms with E-state index in [1.54, 1.807) is 17.1 Å². The van der Waals surface area contributed by atoms with Gasteiger partial charge in [-0.05, 0) is 23.3 Å². The van der Waals surface area contributed by atoms with E-state index < -0.39 is 6.10 Å². The molecule has 1 heterocycles. The van der Waals surface area contributed by atoms with Gasteiger partial charge >= 0.3 is 0 Å². The fourth-order valence-corrected chi connectivity index (χ4v) is 2.14. The molecular formula is C17H17N3O2. The topological polar surface area (TPSA) is 60.2 Å². The first-order valence-electron chi connectivity index (χ1n) is 7.10. The Bertz CT molecular complexity index is 682. The summed E-state index contributed by atoms with van der Waals surface area (Å²) in [5.74, 6) is 0.778. The van der Waals surface area contributed by atoms with Gasteiger partial charge in [0.05, 0.1) is 18.8 Å². The Morgan fingerprint density at radius 2 is 1.82 bits per heavy atom. The fourth-order valence-electron chi connectivity index (χ4n) is 2.14. The standard InChI is InChI=1S/C17H17N3O2/c21-17(12-20-11-10-18-19-20)15-6-8-16(9-7-15)22-13-14-4-2-1-3-5-14/h1-11,17,21H,12-13H2. The minimum absolute atomic E-state index is 0.379. The highest BCUT2D eigenvalue weighted by atomic mass is 16.5. The number of aliphatic hydroxyl groups excluding tert-OH is 1. The third-order valence-corrected chi connectivity index (χ3v) is 3.35. The molecule has 0 aliphatic rings. The van der Waals surface area contributed by atoms with Crippen LogP contribution in [-0.2, 0) is 13.2 Å². The van der Waals surface area contributed by atoms with Crippen molar-refractivity contribution in [1.29, 1.82) is 0 Å². The van der Waals surface area contributed by atoms with Gasteiger partial charge in [0.15, 0.2) is 0 Å². The molecule has 112 valence electrons. The molecule has 2 aromatic carbocycles. The van der Waals surface area contributed by atoms with E-state index in [-0.39, 0.29) is 0 Å². The van der Waals surface area contributed by atoms with Crippen LogP contribution in [0, 0.1) is 0 Å². The average Bonchev–Trinajstić information content (AvgIpc) is 3.07. The maximum atomic E-state index is 10.2. The summed E-state index contributed by atoms with van der Waals surface area (Å²) in [6.07, 6.45) is 2.69. The van der Waals surface area contributed by atoms with E-state index in [1.165, 1.54) is 0 Å². The molecule has 0 amide bonds. The molecule has 0 radical (unpaired) electrons. The summed E-state index contributed by atoms with van der Waals surface area (Å²) in [4.78, 5) is 0. The number of hydrogen-bond donors (Lipinski definition) is 1. The molecule has 0 spiro atoms. The largest absolute Gasteiger partial charge is 0.489 e. The molecule has 1 N–H and O–H groups in total. The van der Waals surface area contributed by atoms with Crippen molar-refractivity contribution in [2.75, 3.05) is 0 Å². The number of nitrogens with zero attached hydrogens (tertiary/aromatic N) is 3. The number of aliphatic hydroxyl groups is 1. The van der Waals surface area contributed by atoms with Gasteiger partial charge in [-0.3, -0.25) is 0 Å². The SMILES string of the molecule is OC(Cn1ccnn1)c1ccc(OCc2ccccc2)cc1. The second kappa shape index (κ2) is 6.87. The molecule has 3 aromatic rings. The summed E-state index contributed by atoms with van der Waals surface area (Å²) in [6, 6.07) is 17.5. The molecular weight excluding hydrogens is 278 g/mol. The lowest BCUT2D eigenvalue weighted by Crippen LogP contribution is -2.09. The average molecular weight is 295 g/mol. The van der Waals surface area contributed by atoms with E-state index in [0.717, 1.165) is 16.9 Å². The van der Waals surface area contributed by atoms with Crippen LogP contribution in [0.3, 0.4) is 0 Å². The van der Waals surface area contributed by atoms with Crippen molar-refractivity contribution in [3.63, 3.8) is 0 Å². The van der Waals surface area contributed by atoms with Crippen molar-refractivity contribution >= 4 is 0 Å². The summed E-state index contributed by atoms with van der Waals surface area (Å²) >= 11 is 0. The van der Waals surface area contributed by atoms with E-state index in [9.17, 15) is 5.11 Å². The van der Waals surface area contributed by atoms with Gasteiger partial charge in [0.1, 0.15) is 12.4 Å². The zero-order valence-electron chi connectivity index (χ0n) is 12.0. The predicted octanol–water partition coefficient (Wildman–Crippen LogP) is 2.59. The molecule has 1 atom stereocenters. The molecule has 0 aliphatic heterocycles. The third kappa shape index (κ3) is 3.71. The van der Waals surface area contributed by atoms with Crippen LogP contribution in [0.5, 0.6) is 5.75 Å². The molecule has 0 bridgehead atoms. The molecule has 0 fully saturated rings. The highest BCUT2D eigenvalue weighted by Crippen LogP contribution is 2.19. The van der Waals surface area contributed by atoms with Gasteiger partial charge < -0.3 is 9.84 Å². The van der Waals surface area contributed by atoms with Gasteiger partial charge in [0.25, 0.3) is 0 Å². The molecule has 0 aliphatic carbocycles. The molecule has 0 saturated carbocycles. The highest BCUT2D eigenvalue weighted by Gasteiger charge is 2.09. The van der Waals surface area contributed by atoms with Gasteiger partial charge in [0.2, 0.25) is 0 Å². The van der Waals surface area contributed by atoms with Crippen LogP contribution >= 0.6 is 0 Å². The van der Waals surface area contributed by atoms with E-state index in [2.05, 4.69) is 10.3 Å². The third-order valence-electron chi connectivity index (χ3n) is 3.35. The second-order valence-corrected chi connectivity index (χ2v) is 4.98. The first-order valence-corrected chi connectivity index (χ1v) is 7.10. The summed E-state index contributed by atoms with van der Waals surface area (Å²) in [5, 5.41) is 17.7. The van der Waals surface area contributed by atoms with Gasteiger partial charge in [0, 0.05) is 6.20 Å². The van der Waals surface area contributed by atoms with E-state index in [0.29, 0.717) is 13.2 Å². The zero-order chi connectivity index (χ0) is 15.2. The lowest BCUT2D eigenvalue weighted by Gasteiger charge is -2.12. The van der Waals surface area contributed by atoms with Crippen molar-refractivity contribution in [3.8, 4) is 5.75 Å². The van der Waals surface area contributed by atoms with Crippen molar-refractivity contribution in [2.45, 2.75) is 19.3 Å². The lowest BCUT2D eigenvalue weighted by molar-refractivity contribution is 0.150. The molecule has 0 saturated heterocycles. The molecule has 22 heavy (non-hydrogen) atoms. The zero-order valence-corrected chi connectivity index (χ0v) is 12.0. The van der Waals surface area contributed by atoms with E-state index >= 15 is 0 Å². The number of hydrogen-bond acceptors (Lipinski definition) is 4. The Balaban J connectivity index is 1.58. The van der Waals surface area contributed by atoms with Crippen LogP contribution in [-0.4, -0.2) is 20.1 Å². The normalized spacial score (nSPS) is 12.0. The van der Waals surface area contributed by atoms with Crippen LogP contribution in [0.2, 0.25) is 0 Å². The van der Waals surface area contributed by atoms with Gasteiger partial charge in [-0.25, -0.2) is 4.68 Å². The Kier molecular flexibility index (Phi) is 4.46. The summed E-state index contributed by atoms with van der Waals surface area (Å²) < 4.78 is 7.33. The molecule has 5 heteroatoms. The predicted molar refractivity (Wildman–Crippen MR) is 82.2 cm³/mol. The number of benzene rings is 2. The van der Waals surface area contributed by atoms with Crippen molar-refractivity contribution in [1.82, 2.24) is 15.0 Å². The van der Waals surface area contributed by atoms with E-state index in [1.807, 2.05) is 54.6 Å². The summed E-state index contributed by atoms with van der Waals surface area (Å²) in [7, 11) is 0. The summed E-state index contributed by atoms with van der Waals surface area (Å²) in [6.45, 7) is 0.909. The van der Waals surface area contributed by atoms with Crippen LogP contribution in [0.15, 0.2) is 67.0 Å². The fraction of sp³-hybridized carbons (Fsp3) is 0.176. The number of ether oxygens (including phenoxy) is 1. The molecule has 5 nitrogen and oxygen atoms in total. The maximum Gasteiger partial charge on any atom is 0.119 e. The van der Waals surface area contributed by atoms with Crippen molar-refractivity contribution in [3.05, 3.63) is 78.1 Å². The summed E-state index contributed by atoms with van der Waals surface area (Å²) in [5.41, 5.74) is 1.94. The number of rotatable bonds is 6. The Hall–Kier alpha value is -2.66. The minimum Gasteiger partial charge on any atom is -0.489 e. The number of aromatic nitrogens is 3. The van der Waals surface area contributed by atoms with Crippen LogP contribution in [0.25, 0.3) is 0 Å². The van der Waals surface area contributed by atoms with Crippen LogP contribution in [0.4, 0.5) is 0 Å². The molecule has 3 rings (SSSR count). The first kappa shape index (κ1) is 14.3. The van der Waals surface area contributed by atoms with Gasteiger partial charge in [-0.1, -0.05) is 47.7 Å². The van der Waals surface area contributed by atoms with Crippen molar-refractivity contribution < 1.29 is 9.84 Å². The monoisotopic (exact) mass is 295 g/mol. The van der Waals surface area contributed by atoms with Crippen molar-refractivity contribution in [2.24, 2.45) is 0 Å². The Labute approximate surface area is 128 Å². The smallest absolute Gasteiger partial charge is 0.119 e. The lowest BCUT2D eigenvalue weighted by atomic mass is 10.1. The molecule has 1 aromatic heterocycles. The van der Waals surface area contributed by atoms with Gasteiger partial charge in [-0.15, -0.1) is 5.10 Å². The minimum atomic E-state index is -0.620. The first-order chi connectivity index (χ1) is 10.8. The quantitative estimate of drug-likeness (QED) is 0.759. The van der Waals surface area contributed by atoms with Crippen LogP contribution in [0.1, 0.15) is 17.2 Å². The van der Waals surface area contributed by atoms with E-state index in [4.69, 9.17) is 4.74 Å². The Morgan fingerprint density at radius 1 is 1.05 bits per heavy atom. The Morgan fingerprint density at radius 3 is 2.50 bits per heavy atom. The molecule has 1 unspecified atom stereocenters. The van der Waals surface area contributed by atoms with Crippen LogP contribution < -0.4 is 4.74 Å². The highest BCUT2D eigenvalue weighted by molar-refractivity contribution is 5.29. The second-order valence-electron chi connectivity index (χ2n) is 4.98. The van der Waals surface area contributed by atoms with Gasteiger partial charge in [-0.2, -0.15) is 0 Å².